The number of morpholine rings is 1. The lowest BCUT2D eigenvalue weighted by Crippen LogP contribution is -2.36. The number of hydrogen-bond donors (Lipinski definition) is 4. The number of fused-ring (bicyclic) bond motifs is 1. The molecule has 4 N–H and O–H groups in total. The van der Waals surface area contributed by atoms with Crippen molar-refractivity contribution in [2.75, 3.05) is 32.9 Å². The SMILES string of the molecule is O=P(O)(OCC1OC(n2cnc3c(O)ncnc32)C(O)C1O)N1CCOCC1. The molecule has 4 rings (SSSR count). The Morgan fingerprint density at radius 3 is 2.71 bits per heavy atom. The first-order chi connectivity index (χ1) is 13.4. The molecule has 0 amide bonds. The number of aliphatic hydroxyl groups excluding tert-OH is 2. The predicted octanol–water partition coefficient (Wildman–Crippen LogP) is -1.40. The lowest BCUT2D eigenvalue weighted by atomic mass is 10.1. The van der Waals surface area contributed by atoms with Crippen LogP contribution < -0.4 is 0 Å². The molecule has 14 heteroatoms. The van der Waals surface area contributed by atoms with Crippen LogP contribution in [-0.4, -0.2) is 95.6 Å². The number of aromatic hydroxyl groups is 1. The van der Waals surface area contributed by atoms with Gasteiger partial charge in [-0.3, -0.25) is 9.09 Å². The molecule has 2 aromatic heterocycles. The van der Waals surface area contributed by atoms with Crippen molar-refractivity contribution in [1.82, 2.24) is 24.2 Å². The second-order valence-corrected chi connectivity index (χ2v) is 8.23. The quantitative estimate of drug-likeness (QED) is 0.420. The molecule has 2 aliphatic heterocycles. The maximum Gasteiger partial charge on any atom is 0.405 e. The van der Waals surface area contributed by atoms with E-state index in [1.54, 1.807) is 0 Å². The van der Waals surface area contributed by atoms with Crippen molar-refractivity contribution in [2.45, 2.75) is 24.5 Å². The molecule has 13 nitrogen and oxygen atoms in total. The molecule has 0 spiro atoms. The molecule has 154 valence electrons. The minimum Gasteiger partial charge on any atom is -0.492 e. The average molecular weight is 417 g/mol. The summed E-state index contributed by atoms with van der Waals surface area (Å²) in [7, 11) is -4.08. The Balaban J connectivity index is 1.47. The third kappa shape index (κ3) is 3.51. The number of ether oxygens (including phenoxy) is 2. The van der Waals surface area contributed by atoms with Gasteiger partial charge in [0.25, 0.3) is 0 Å². The molecule has 0 aliphatic carbocycles. The van der Waals surface area contributed by atoms with E-state index in [-0.39, 0.29) is 30.1 Å². The topological polar surface area (TPSA) is 173 Å². The number of rotatable bonds is 5. The molecule has 5 unspecified atom stereocenters. The summed E-state index contributed by atoms with van der Waals surface area (Å²) in [4.78, 5) is 21.7. The number of aromatic nitrogens is 4. The molecular weight excluding hydrogens is 397 g/mol. The Labute approximate surface area is 158 Å². The Hall–Kier alpha value is -1.70. The largest absolute Gasteiger partial charge is 0.492 e. The van der Waals surface area contributed by atoms with Crippen LogP contribution in [0.5, 0.6) is 5.88 Å². The van der Waals surface area contributed by atoms with E-state index in [0.717, 1.165) is 6.33 Å². The maximum absolute atomic E-state index is 12.4. The van der Waals surface area contributed by atoms with E-state index in [2.05, 4.69) is 15.0 Å². The molecule has 2 aliphatic rings. The summed E-state index contributed by atoms with van der Waals surface area (Å²) in [5, 5.41) is 30.4. The molecule has 0 aromatic carbocycles. The zero-order valence-corrected chi connectivity index (χ0v) is 15.5. The summed E-state index contributed by atoms with van der Waals surface area (Å²) >= 11 is 0. The first-order valence-electron chi connectivity index (χ1n) is 8.57. The highest BCUT2D eigenvalue weighted by molar-refractivity contribution is 7.50. The van der Waals surface area contributed by atoms with Gasteiger partial charge in [-0.1, -0.05) is 0 Å². The first-order valence-corrected chi connectivity index (χ1v) is 10.1. The lowest BCUT2D eigenvalue weighted by Gasteiger charge is -2.30. The van der Waals surface area contributed by atoms with Gasteiger partial charge < -0.3 is 29.7 Å². The fraction of sp³-hybridized carbons (Fsp3) is 0.643. The molecule has 5 atom stereocenters. The summed E-state index contributed by atoms with van der Waals surface area (Å²) in [5.74, 6) is -0.330. The fourth-order valence-corrected chi connectivity index (χ4v) is 4.35. The van der Waals surface area contributed by atoms with Crippen LogP contribution in [0.2, 0.25) is 0 Å². The first kappa shape index (κ1) is 19.6. The van der Waals surface area contributed by atoms with Crippen molar-refractivity contribution in [3.8, 4) is 5.88 Å². The van der Waals surface area contributed by atoms with Crippen molar-refractivity contribution in [1.29, 1.82) is 0 Å². The number of nitrogens with zero attached hydrogens (tertiary/aromatic N) is 5. The van der Waals surface area contributed by atoms with E-state index in [9.17, 15) is 24.8 Å². The van der Waals surface area contributed by atoms with Gasteiger partial charge in [-0.05, 0) is 0 Å². The Kier molecular flexibility index (Phi) is 5.33. The van der Waals surface area contributed by atoms with Gasteiger partial charge in [0.15, 0.2) is 17.4 Å². The zero-order valence-electron chi connectivity index (χ0n) is 14.6. The van der Waals surface area contributed by atoms with E-state index in [1.165, 1.54) is 15.6 Å². The molecule has 2 saturated heterocycles. The van der Waals surface area contributed by atoms with Crippen molar-refractivity contribution in [2.24, 2.45) is 0 Å². The average Bonchev–Trinajstić information content (AvgIpc) is 3.24. The highest BCUT2D eigenvalue weighted by Gasteiger charge is 2.45. The van der Waals surface area contributed by atoms with Crippen LogP contribution in [-0.2, 0) is 18.6 Å². The summed E-state index contributed by atoms with van der Waals surface area (Å²) in [6.07, 6.45) is -2.47. The van der Waals surface area contributed by atoms with Crippen LogP contribution in [0, 0.1) is 0 Å². The molecule has 0 saturated carbocycles. The number of imidazole rings is 1. The number of aliphatic hydroxyl groups is 2. The minimum atomic E-state index is -4.08. The highest BCUT2D eigenvalue weighted by atomic mass is 31.2. The second-order valence-electron chi connectivity index (χ2n) is 6.42. The monoisotopic (exact) mass is 417 g/mol. The van der Waals surface area contributed by atoms with Gasteiger partial charge in [0.2, 0.25) is 5.88 Å². The van der Waals surface area contributed by atoms with Gasteiger partial charge in [-0.25, -0.2) is 19.2 Å². The predicted molar refractivity (Wildman–Crippen MR) is 91.1 cm³/mol. The van der Waals surface area contributed by atoms with Crippen LogP contribution in [0.25, 0.3) is 11.2 Å². The summed E-state index contributed by atoms with van der Waals surface area (Å²) in [6.45, 7) is 0.723. The molecule has 2 aromatic rings. The summed E-state index contributed by atoms with van der Waals surface area (Å²) in [6, 6.07) is 0. The fourth-order valence-electron chi connectivity index (χ4n) is 3.18. The van der Waals surface area contributed by atoms with Crippen LogP contribution in [0.4, 0.5) is 0 Å². The minimum absolute atomic E-state index is 0.111. The van der Waals surface area contributed by atoms with Crippen LogP contribution >= 0.6 is 7.75 Å². The smallest absolute Gasteiger partial charge is 0.405 e. The highest BCUT2D eigenvalue weighted by Crippen LogP contribution is 2.47. The van der Waals surface area contributed by atoms with Crippen molar-refractivity contribution < 1.29 is 38.8 Å². The molecular formula is C14H20N5O8P. The Morgan fingerprint density at radius 2 is 1.96 bits per heavy atom. The van der Waals surface area contributed by atoms with Crippen molar-refractivity contribution in [3.63, 3.8) is 0 Å². The lowest BCUT2D eigenvalue weighted by molar-refractivity contribution is -0.0507. The van der Waals surface area contributed by atoms with E-state index in [0.29, 0.717) is 13.2 Å². The Morgan fingerprint density at radius 1 is 1.21 bits per heavy atom. The summed E-state index contributed by atoms with van der Waals surface area (Å²) < 4.78 is 30.9. The van der Waals surface area contributed by atoms with E-state index in [1.807, 2.05) is 0 Å². The van der Waals surface area contributed by atoms with Crippen molar-refractivity contribution in [3.05, 3.63) is 12.7 Å². The molecule has 0 bridgehead atoms. The third-order valence-corrected chi connectivity index (χ3v) is 6.30. The third-order valence-electron chi connectivity index (χ3n) is 4.70. The van der Waals surface area contributed by atoms with Gasteiger partial charge in [-0.2, -0.15) is 4.98 Å². The van der Waals surface area contributed by atoms with Crippen molar-refractivity contribution >= 4 is 18.9 Å². The standard InChI is InChI=1S/C14H20N5O8P/c20-10-8(5-26-28(23,24)18-1-3-25-4-2-18)27-14(11(10)21)19-7-17-9-12(19)15-6-16-13(9)22/h6-8,10-11,14,20-21H,1-5H2,(H,23,24)(H,15,16,22). The number of hydrogen-bond acceptors (Lipinski definition) is 10. The van der Waals surface area contributed by atoms with Gasteiger partial charge >= 0.3 is 7.75 Å². The molecule has 0 radical (unpaired) electrons. The van der Waals surface area contributed by atoms with Crippen LogP contribution in [0.15, 0.2) is 12.7 Å². The van der Waals surface area contributed by atoms with Gasteiger partial charge in [0.05, 0.1) is 26.1 Å². The zero-order chi connectivity index (χ0) is 19.9. The second kappa shape index (κ2) is 7.61. The maximum atomic E-state index is 12.4. The molecule has 28 heavy (non-hydrogen) atoms. The van der Waals surface area contributed by atoms with E-state index >= 15 is 0 Å². The molecule has 4 heterocycles. The molecule has 2 fully saturated rings. The normalized spacial score (nSPS) is 31.2. The van der Waals surface area contributed by atoms with E-state index in [4.69, 9.17) is 14.0 Å². The van der Waals surface area contributed by atoms with E-state index < -0.39 is 38.9 Å². The van der Waals surface area contributed by atoms with Gasteiger partial charge in [0, 0.05) is 13.1 Å². The Bertz CT molecular complexity index is 890. The van der Waals surface area contributed by atoms with Gasteiger partial charge in [0.1, 0.15) is 24.6 Å². The van der Waals surface area contributed by atoms with Crippen LogP contribution in [0.3, 0.4) is 0 Å². The van der Waals surface area contributed by atoms with Gasteiger partial charge in [-0.15, -0.1) is 0 Å². The van der Waals surface area contributed by atoms with Crippen LogP contribution in [0.1, 0.15) is 6.23 Å². The summed E-state index contributed by atoms with van der Waals surface area (Å²) in [5.41, 5.74) is 0.311.